The fourth-order valence-electron chi connectivity index (χ4n) is 4.55. The predicted octanol–water partition coefficient (Wildman–Crippen LogP) is 9.08. The van der Waals surface area contributed by atoms with Crippen LogP contribution in [0.5, 0.6) is 11.5 Å². The number of rotatable bonds is 19. The molecule has 1 unspecified atom stereocenters. The zero-order chi connectivity index (χ0) is 29.3. The molecule has 0 bridgehead atoms. The number of carbonyl (C=O) groups excluding carboxylic acids is 1. The number of unbranched alkanes of at least 4 members (excludes halogenated alkanes) is 7. The Hall–Kier alpha value is -3.41. The van der Waals surface area contributed by atoms with Crippen LogP contribution in [-0.4, -0.2) is 35.3 Å². The molecule has 1 heterocycles. The molecule has 0 radical (unpaired) electrons. The lowest BCUT2D eigenvalue weighted by Gasteiger charge is -2.17. The van der Waals surface area contributed by atoms with Crippen LogP contribution in [0.2, 0.25) is 0 Å². The molecule has 3 aromatic rings. The molecule has 3 rings (SSSR count). The van der Waals surface area contributed by atoms with Gasteiger partial charge in [-0.25, -0.2) is 9.97 Å². The van der Waals surface area contributed by atoms with E-state index in [1.165, 1.54) is 44.9 Å². The van der Waals surface area contributed by atoms with Crippen LogP contribution in [0, 0.1) is 5.92 Å². The second kappa shape index (κ2) is 18.1. The quantitative estimate of drug-likeness (QED) is 0.108. The van der Waals surface area contributed by atoms with Crippen molar-refractivity contribution in [2.45, 2.75) is 98.0 Å². The molecule has 222 valence electrons. The van der Waals surface area contributed by atoms with Crippen molar-refractivity contribution in [2.75, 3.05) is 13.2 Å². The van der Waals surface area contributed by atoms with E-state index in [9.17, 15) is 4.79 Å². The van der Waals surface area contributed by atoms with Crippen LogP contribution in [-0.2, 0) is 9.53 Å². The molecule has 0 saturated heterocycles. The maximum atomic E-state index is 12.3. The van der Waals surface area contributed by atoms with Gasteiger partial charge < -0.3 is 14.2 Å². The number of esters is 1. The fourth-order valence-corrected chi connectivity index (χ4v) is 4.55. The number of ether oxygens (including phenoxy) is 3. The summed E-state index contributed by atoms with van der Waals surface area (Å²) in [5.41, 5.74) is 3.14. The van der Waals surface area contributed by atoms with Gasteiger partial charge in [0.15, 0.2) is 11.6 Å². The minimum absolute atomic E-state index is 0.0742. The second-order valence-electron chi connectivity index (χ2n) is 10.9. The van der Waals surface area contributed by atoms with E-state index in [0.29, 0.717) is 24.8 Å². The lowest BCUT2D eigenvalue weighted by Crippen LogP contribution is -2.25. The van der Waals surface area contributed by atoms with Gasteiger partial charge in [0.05, 0.1) is 24.9 Å². The van der Waals surface area contributed by atoms with Gasteiger partial charge in [0, 0.05) is 5.56 Å². The highest BCUT2D eigenvalue weighted by molar-refractivity contribution is 5.72. The van der Waals surface area contributed by atoms with Crippen LogP contribution >= 0.6 is 0 Å². The standard InChI is InChI=1S/C35H48N2O4/c1-5-7-9-11-13-23-39-33-24-36-34(37-25-33)31-17-15-29(16-18-31)30-19-21-32(22-20-30)40-26-28(4)41-35(38)27(3)14-12-10-8-6-2/h15-22,24-25,27-28H,5-14,23,26H2,1-4H3/t27?,28-/m0/s1. The third-order valence-corrected chi connectivity index (χ3v) is 7.17. The first-order valence-corrected chi connectivity index (χ1v) is 15.5. The maximum Gasteiger partial charge on any atom is 0.309 e. The van der Waals surface area contributed by atoms with Crippen molar-refractivity contribution in [3.8, 4) is 34.0 Å². The van der Waals surface area contributed by atoms with E-state index < -0.39 is 0 Å². The summed E-state index contributed by atoms with van der Waals surface area (Å²) in [6, 6.07) is 16.2. The third kappa shape index (κ3) is 11.5. The average Bonchev–Trinajstić information content (AvgIpc) is 3.00. The number of carbonyl (C=O) groups is 1. The van der Waals surface area contributed by atoms with Gasteiger partial charge in [-0.3, -0.25) is 4.79 Å². The predicted molar refractivity (Wildman–Crippen MR) is 166 cm³/mol. The lowest BCUT2D eigenvalue weighted by atomic mass is 10.0. The van der Waals surface area contributed by atoms with Crippen LogP contribution in [0.4, 0.5) is 0 Å². The molecule has 6 nitrogen and oxygen atoms in total. The molecule has 0 aliphatic carbocycles. The molecule has 0 saturated carbocycles. The Balaban J connectivity index is 1.43. The monoisotopic (exact) mass is 560 g/mol. The topological polar surface area (TPSA) is 70.5 Å². The molecule has 0 N–H and O–H groups in total. The molecule has 0 aliphatic heterocycles. The summed E-state index contributed by atoms with van der Waals surface area (Å²) in [6.45, 7) is 9.26. The smallest absolute Gasteiger partial charge is 0.309 e. The van der Waals surface area contributed by atoms with Crippen molar-refractivity contribution in [2.24, 2.45) is 5.92 Å². The Morgan fingerprint density at radius 3 is 1.88 bits per heavy atom. The van der Waals surface area contributed by atoms with E-state index >= 15 is 0 Å². The van der Waals surface area contributed by atoms with E-state index in [-0.39, 0.29) is 18.0 Å². The Kier molecular flexibility index (Phi) is 14.2. The lowest BCUT2D eigenvalue weighted by molar-refractivity contribution is -0.154. The summed E-state index contributed by atoms with van der Waals surface area (Å²) in [5.74, 6) is 1.92. The van der Waals surface area contributed by atoms with Gasteiger partial charge in [-0.15, -0.1) is 0 Å². The number of aromatic nitrogens is 2. The van der Waals surface area contributed by atoms with Crippen molar-refractivity contribution >= 4 is 5.97 Å². The van der Waals surface area contributed by atoms with E-state index in [1.54, 1.807) is 12.4 Å². The van der Waals surface area contributed by atoms with Gasteiger partial charge in [0.25, 0.3) is 0 Å². The molecule has 0 amide bonds. The molecule has 0 fully saturated rings. The van der Waals surface area contributed by atoms with Crippen LogP contribution < -0.4 is 9.47 Å². The highest BCUT2D eigenvalue weighted by Crippen LogP contribution is 2.26. The van der Waals surface area contributed by atoms with Gasteiger partial charge in [-0.05, 0) is 43.0 Å². The number of hydrogen-bond acceptors (Lipinski definition) is 6. The minimum atomic E-state index is -0.300. The summed E-state index contributed by atoms with van der Waals surface area (Å²) in [6.07, 6.45) is 14.8. The van der Waals surface area contributed by atoms with Crippen LogP contribution in [0.3, 0.4) is 0 Å². The minimum Gasteiger partial charge on any atom is -0.490 e. The summed E-state index contributed by atoms with van der Waals surface area (Å²) < 4.78 is 17.3. The zero-order valence-corrected chi connectivity index (χ0v) is 25.4. The number of nitrogens with zero attached hydrogens (tertiary/aromatic N) is 2. The van der Waals surface area contributed by atoms with E-state index in [2.05, 4.69) is 35.9 Å². The van der Waals surface area contributed by atoms with Gasteiger partial charge in [0.1, 0.15) is 18.5 Å². The molecule has 41 heavy (non-hydrogen) atoms. The first-order chi connectivity index (χ1) is 20.0. The summed E-state index contributed by atoms with van der Waals surface area (Å²) in [7, 11) is 0. The van der Waals surface area contributed by atoms with Crippen molar-refractivity contribution in [1.29, 1.82) is 0 Å². The fraction of sp³-hybridized carbons (Fsp3) is 0.514. The number of hydrogen-bond donors (Lipinski definition) is 0. The molecule has 1 aromatic heterocycles. The highest BCUT2D eigenvalue weighted by Gasteiger charge is 2.17. The molecule has 2 aromatic carbocycles. The normalized spacial score (nSPS) is 12.5. The molecule has 2 atom stereocenters. The first-order valence-electron chi connectivity index (χ1n) is 15.5. The van der Waals surface area contributed by atoms with Crippen molar-refractivity contribution in [1.82, 2.24) is 9.97 Å². The van der Waals surface area contributed by atoms with Gasteiger partial charge >= 0.3 is 5.97 Å². The highest BCUT2D eigenvalue weighted by atomic mass is 16.6. The Morgan fingerprint density at radius 2 is 1.24 bits per heavy atom. The number of benzene rings is 2. The second-order valence-corrected chi connectivity index (χ2v) is 10.9. The van der Waals surface area contributed by atoms with Crippen LogP contribution in [0.1, 0.15) is 91.9 Å². The summed E-state index contributed by atoms with van der Waals surface area (Å²) in [4.78, 5) is 21.3. The Labute approximate surface area is 246 Å². The van der Waals surface area contributed by atoms with E-state index in [0.717, 1.165) is 41.7 Å². The van der Waals surface area contributed by atoms with Crippen molar-refractivity contribution in [3.63, 3.8) is 0 Å². The summed E-state index contributed by atoms with van der Waals surface area (Å²) in [5, 5.41) is 0. The van der Waals surface area contributed by atoms with E-state index in [1.807, 2.05) is 50.2 Å². The van der Waals surface area contributed by atoms with Gasteiger partial charge in [0.2, 0.25) is 0 Å². The SMILES string of the molecule is CCCCCCCOc1cnc(-c2ccc(-c3ccc(OC[C@H](C)OC(=O)C(C)CCCCCC)cc3)cc2)nc1. The zero-order valence-electron chi connectivity index (χ0n) is 25.4. The first kappa shape index (κ1) is 32.1. The van der Waals surface area contributed by atoms with Crippen LogP contribution in [0.15, 0.2) is 60.9 Å². The Morgan fingerprint density at radius 1 is 0.683 bits per heavy atom. The van der Waals surface area contributed by atoms with Crippen molar-refractivity contribution in [3.05, 3.63) is 60.9 Å². The summed E-state index contributed by atoms with van der Waals surface area (Å²) >= 11 is 0. The van der Waals surface area contributed by atoms with Gasteiger partial charge in [-0.1, -0.05) is 109 Å². The third-order valence-electron chi connectivity index (χ3n) is 7.17. The molecule has 0 spiro atoms. The molecular weight excluding hydrogens is 512 g/mol. The van der Waals surface area contributed by atoms with Crippen LogP contribution in [0.25, 0.3) is 22.5 Å². The molecular formula is C35H48N2O4. The van der Waals surface area contributed by atoms with E-state index in [4.69, 9.17) is 14.2 Å². The largest absolute Gasteiger partial charge is 0.490 e. The average molecular weight is 561 g/mol. The maximum absolute atomic E-state index is 12.3. The van der Waals surface area contributed by atoms with Crippen molar-refractivity contribution < 1.29 is 19.0 Å². The molecule has 6 heteroatoms. The molecule has 0 aliphatic rings. The Bertz CT molecular complexity index is 1130. The van der Waals surface area contributed by atoms with Gasteiger partial charge in [-0.2, -0.15) is 0 Å².